The molecule has 0 unspecified atom stereocenters. The molecule has 0 saturated carbocycles. The highest BCUT2D eigenvalue weighted by atomic mass is 19.4. The van der Waals surface area contributed by atoms with Crippen molar-refractivity contribution in [3.63, 3.8) is 0 Å². The normalized spacial score (nSPS) is 12.2. The van der Waals surface area contributed by atoms with Crippen LogP contribution in [-0.4, -0.2) is 12.0 Å². The molecule has 124 valence electrons. The number of halogens is 3. The van der Waals surface area contributed by atoms with Gasteiger partial charge in [-0.05, 0) is 25.7 Å². The molecule has 0 fully saturated rings. The van der Waals surface area contributed by atoms with Crippen LogP contribution in [0.5, 0.6) is 0 Å². The van der Waals surface area contributed by atoms with Crippen LogP contribution in [0.1, 0.15) is 84.0 Å². The lowest BCUT2D eigenvalue weighted by Gasteiger charge is -2.04. The van der Waals surface area contributed by atoms with Gasteiger partial charge in [0.2, 0.25) is 5.78 Å². The van der Waals surface area contributed by atoms with E-state index >= 15 is 0 Å². The zero-order valence-electron chi connectivity index (χ0n) is 13.2. The van der Waals surface area contributed by atoms with Crippen LogP contribution in [0.2, 0.25) is 0 Å². The fraction of sp³-hybridized carbons (Fsp3) is 0.824. The number of hydrogen-bond acceptors (Lipinski definition) is 1. The second-order valence-electron chi connectivity index (χ2n) is 5.55. The van der Waals surface area contributed by atoms with Gasteiger partial charge in [-0.2, -0.15) is 13.2 Å². The average Bonchev–Trinajstić information content (AvgIpc) is 2.42. The summed E-state index contributed by atoms with van der Waals surface area (Å²) < 4.78 is 35.8. The lowest BCUT2D eigenvalue weighted by Crippen LogP contribution is -2.22. The molecule has 0 amide bonds. The molecule has 0 rings (SSSR count). The van der Waals surface area contributed by atoms with Gasteiger partial charge in [0.1, 0.15) is 0 Å². The first-order valence-electron chi connectivity index (χ1n) is 8.23. The maximum absolute atomic E-state index is 11.9. The molecule has 21 heavy (non-hydrogen) atoms. The highest BCUT2D eigenvalue weighted by molar-refractivity contribution is 5.83. The van der Waals surface area contributed by atoms with E-state index in [0.717, 1.165) is 32.1 Å². The molecule has 0 heterocycles. The first kappa shape index (κ1) is 20.2. The second kappa shape index (κ2) is 12.9. The molecular formula is C17H29F3O. The Bertz CT molecular complexity index is 282. The Labute approximate surface area is 127 Å². The molecule has 0 aliphatic heterocycles. The number of hydrogen-bond donors (Lipinski definition) is 0. The van der Waals surface area contributed by atoms with Gasteiger partial charge in [0, 0.05) is 6.42 Å². The molecule has 4 heteroatoms. The fourth-order valence-corrected chi connectivity index (χ4v) is 2.13. The molecule has 0 aromatic carbocycles. The molecule has 0 N–H and O–H groups in total. The number of unbranched alkanes of at least 4 members (excludes halogenated alkanes) is 9. The van der Waals surface area contributed by atoms with Crippen LogP contribution in [0.3, 0.4) is 0 Å². The van der Waals surface area contributed by atoms with E-state index in [-0.39, 0.29) is 6.42 Å². The van der Waals surface area contributed by atoms with Gasteiger partial charge in [0.15, 0.2) is 0 Å². The third-order valence-corrected chi connectivity index (χ3v) is 3.48. The topological polar surface area (TPSA) is 17.1 Å². The van der Waals surface area contributed by atoms with Gasteiger partial charge in [-0.3, -0.25) is 4.79 Å². The van der Waals surface area contributed by atoms with Crippen molar-refractivity contribution in [1.29, 1.82) is 0 Å². The van der Waals surface area contributed by atoms with Crippen LogP contribution in [-0.2, 0) is 4.79 Å². The van der Waals surface area contributed by atoms with Crippen LogP contribution in [0, 0.1) is 0 Å². The minimum Gasteiger partial charge on any atom is -0.290 e. The van der Waals surface area contributed by atoms with Gasteiger partial charge in [-0.1, -0.05) is 64.0 Å². The summed E-state index contributed by atoms with van der Waals surface area (Å²) in [5.74, 6) is -1.59. The summed E-state index contributed by atoms with van der Waals surface area (Å²) in [6, 6.07) is 0. The van der Waals surface area contributed by atoms with Crippen molar-refractivity contribution in [2.75, 3.05) is 0 Å². The quantitative estimate of drug-likeness (QED) is 0.285. The molecule has 0 aliphatic carbocycles. The van der Waals surface area contributed by atoms with E-state index in [2.05, 4.69) is 19.1 Å². The maximum atomic E-state index is 11.9. The molecule has 0 aromatic rings. The maximum Gasteiger partial charge on any atom is 0.449 e. The van der Waals surface area contributed by atoms with E-state index in [1.54, 1.807) is 0 Å². The van der Waals surface area contributed by atoms with E-state index in [1.807, 2.05) is 0 Å². The molecule has 0 saturated heterocycles. The van der Waals surface area contributed by atoms with Crippen molar-refractivity contribution in [3.8, 4) is 0 Å². The Morgan fingerprint density at radius 2 is 1.29 bits per heavy atom. The molecule has 0 bridgehead atoms. The molecule has 1 nitrogen and oxygen atoms in total. The number of carbonyl (C=O) groups excluding carboxylic acids is 1. The highest BCUT2D eigenvalue weighted by Crippen LogP contribution is 2.20. The average molecular weight is 306 g/mol. The largest absolute Gasteiger partial charge is 0.449 e. The highest BCUT2D eigenvalue weighted by Gasteiger charge is 2.36. The smallest absolute Gasteiger partial charge is 0.290 e. The number of ketones is 1. The van der Waals surface area contributed by atoms with E-state index in [4.69, 9.17) is 0 Å². The number of rotatable bonds is 13. The first-order valence-corrected chi connectivity index (χ1v) is 8.23. The SMILES string of the molecule is CCCCC=CCCCCCCCCCC(=O)C(F)(F)F. The summed E-state index contributed by atoms with van der Waals surface area (Å²) in [6.07, 6.45) is 10.9. The zero-order valence-corrected chi connectivity index (χ0v) is 13.2. The van der Waals surface area contributed by atoms with E-state index in [9.17, 15) is 18.0 Å². The van der Waals surface area contributed by atoms with Gasteiger partial charge in [-0.25, -0.2) is 0 Å². The molecule has 0 aliphatic rings. The van der Waals surface area contributed by atoms with Crippen molar-refractivity contribution in [2.24, 2.45) is 0 Å². The van der Waals surface area contributed by atoms with Gasteiger partial charge in [-0.15, -0.1) is 0 Å². The van der Waals surface area contributed by atoms with Gasteiger partial charge in [0.05, 0.1) is 0 Å². The van der Waals surface area contributed by atoms with Crippen molar-refractivity contribution < 1.29 is 18.0 Å². The summed E-state index contributed by atoms with van der Waals surface area (Å²) in [5.41, 5.74) is 0. The van der Waals surface area contributed by atoms with Crippen molar-refractivity contribution >= 4 is 5.78 Å². The molecular weight excluding hydrogens is 277 g/mol. The van der Waals surface area contributed by atoms with Crippen LogP contribution in [0.4, 0.5) is 13.2 Å². The summed E-state index contributed by atoms with van der Waals surface area (Å²) >= 11 is 0. The number of alkyl halides is 3. The molecule has 0 aromatic heterocycles. The van der Waals surface area contributed by atoms with Gasteiger partial charge >= 0.3 is 6.18 Å². The van der Waals surface area contributed by atoms with Crippen molar-refractivity contribution in [1.82, 2.24) is 0 Å². The van der Waals surface area contributed by atoms with E-state index in [1.165, 1.54) is 32.1 Å². The van der Waals surface area contributed by atoms with Crippen LogP contribution >= 0.6 is 0 Å². The Hall–Kier alpha value is -0.800. The summed E-state index contributed by atoms with van der Waals surface area (Å²) in [7, 11) is 0. The van der Waals surface area contributed by atoms with Crippen molar-refractivity contribution in [2.45, 2.75) is 90.1 Å². The third kappa shape index (κ3) is 13.9. The monoisotopic (exact) mass is 306 g/mol. The van der Waals surface area contributed by atoms with Crippen LogP contribution < -0.4 is 0 Å². The lowest BCUT2D eigenvalue weighted by molar-refractivity contribution is -0.171. The minimum absolute atomic E-state index is 0.355. The van der Waals surface area contributed by atoms with E-state index in [0.29, 0.717) is 6.42 Å². The lowest BCUT2D eigenvalue weighted by atomic mass is 10.1. The summed E-state index contributed by atoms with van der Waals surface area (Å²) in [4.78, 5) is 10.6. The van der Waals surface area contributed by atoms with Gasteiger partial charge in [0.25, 0.3) is 0 Å². The predicted molar refractivity (Wildman–Crippen MR) is 81.3 cm³/mol. The molecule has 0 radical (unpaired) electrons. The first-order chi connectivity index (χ1) is 9.98. The fourth-order valence-electron chi connectivity index (χ4n) is 2.13. The number of carbonyl (C=O) groups is 1. The Morgan fingerprint density at radius 1 is 0.810 bits per heavy atom. The number of Topliss-reactive ketones (excluding diaryl/α,β-unsaturated/α-hetero) is 1. The molecule has 0 spiro atoms. The Balaban J connectivity index is 3.23. The minimum atomic E-state index is -4.65. The van der Waals surface area contributed by atoms with Crippen molar-refractivity contribution in [3.05, 3.63) is 12.2 Å². The van der Waals surface area contributed by atoms with Crippen LogP contribution in [0.15, 0.2) is 12.2 Å². The van der Waals surface area contributed by atoms with E-state index < -0.39 is 12.0 Å². The summed E-state index contributed by atoms with van der Waals surface area (Å²) in [5, 5.41) is 0. The van der Waals surface area contributed by atoms with Gasteiger partial charge < -0.3 is 0 Å². The summed E-state index contributed by atoms with van der Waals surface area (Å²) in [6.45, 7) is 2.19. The third-order valence-electron chi connectivity index (χ3n) is 3.48. The van der Waals surface area contributed by atoms with Crippen LogP contribution in [0.25, 0.3) is 0 Å². The zero-order chi connectivity index (χ0) is 16.0. The predicted octanol–water partition coefficient (Wildman–Crippen LogP) is 6.38. The Kier molecular flexibility index (Phi) is 12.4. The number of allylic oxidation sites excluding steroid dienone is 2. The standard InChI is InChI=1S/C17H29F3O/c1-2-3-4-5-6-7-8-9-10-11-12-13-14-15-16(21)17(18,19)20/h5-6H,2-4,7-15H2,1H3. The molecule has 0 atom stereocenters. The Morgan fingerprint density at radius 3 is 1.81 bits per heavy atom. The second-order valence-corrected chi connectivity index (χ2v) is 5.55.